The molecule has 5 nitrogen and oxygen atoms in total. The molecule has 3 rings (SSSR count). The first-order chi connectivity index (χ1) is 12.6. The fourth-order valence-electron chi connectivity index (χ4n) is 3.12. The molecule has 0 unspecified atom stereocenters. The van der Waals surface area contributed by atoms with Gasteiger partial charge in [0, 0.05) is 22.4 Å². The number of benzene rings is 2. The number of carbonyl (C=O) groups is 2. The van der Waals surface area contributed by atoms with Crippen LogP contribution in [0, 0.1) is 5.92 Å². The monoisotopic (exact) mass is 415 g/mol. The number of likely N-dealkylation sites (tertiary alicyclic amines) is 1. The second-order valence-electron chi connectivity index (χ2n) is 6.48. The zero-order valence-corrected chi connectivity index (χ0v) is 16.0. The molecule has 136 valence electrons. The average Bonchev–Trinajstić information content (AvgIpc) is 2.64. The molecule has 0 aromatic heterocycles. The molecule has 0 aliphatic carbocycles. The van der Waals surface area contributed by atoms with Crippen molar-refractivity contribution in [2.75, 3.05) is 30.3 Å². The molecule has 2 aromatic rings. The van der Waals surface area contributed by atoms with Crippen molar-refractivity contribution in [1.29, 1.82) is 0 Å². The summed E-state index contributed by atoms with van der Waals surface area (Å²) < 4.78 is 0.971. The third-order valence-corrected chi connectivity index (χ3v) is 4.94. The molecule has 0 spiro atoms. The highest BCUT2D eigenvalue weighted by Crippen LogP contribution is 2.19. The van der Waals surface area contributed by atoms with Gasteiger partial charge in [-0.15, -0.1) is 0 Å². The first-order valence-corrected chi connectivity index (χ1v) is 9.53. The number of nitrogens with one attached hydrogen (secondary N) is 2. The molecule has 0 radical (unpaired) electrons. The molecule has 2 amide bonds. The molecule has 1 saturated heterocycles. The number of rotatable bonds is 5. The van der Waals surface area contributed by atoms with Crippen LogP contribution in [0.2, 0.25) is 0 Å². The van der Waals surface area contributed by atoms with Crippen LogP contribution in [0.3, 0.4) is 0 Å². The van der Waals surface area contributed by atoms with E-state index in [-0.39, 0.29) is 17.7 Å². The Hall–Kier alpha value is -2.18. The Morgan fingerprint density at radius 2 is 1.69 bits per heavy atom. The summed E-state index contributed by atoms with van der Waals surface area (Å²) in [5.74, 6) is -0.130. The smallest absolute Gasteiger partial charge is 0.238 e. The van der Waals surface area contributed by atoms with Crippen LogP contribution in [0.1, 0.15) is 12.8 Å². The highest BCUT2D eigenvalue weighted by molar-refractivity contribution is 9.10. The summed E-state index contributed by atoms with van der Waals surface area (Å²) in [5.41, 5.74) is 1.58. The molecule has 1 aliphatic rings. The van der Waals surface area contributed by atoms with Crippen molar-refractivity contribution in [2.45, 2.75) is 12.8 Å². The number of halogens is 1. The van der Waals surface area contributed by atoms with E-state index in [9.17, 15) is 9.59 Å². The minimum atomic E-state index is -0.0931. The van der Waals surface area contributed by atoms with Gasteiger partial charge in [0.25, 0.3) is 0 Å². The van der Waals surface area contributed by atoms with Gasteiger partial charge >= 0.3 is 0 Å². The maximum Gasteiger partial charge on any atom is 0.238 e. The Morgan fingerprint density at radius 1 is 1.00 bits per heavy atom. The van der Waals surface area contributed by atoms with Crippen LogP contribution in [0.15, 0.2) is 59.1 Å². The summed E-state index contributed by atoms with van der Waals surface area (Å²) in [4.78, 5) is 26.8. The molecular formula is C20H22BrN3O2. The lowest BCUT2D eigenvalue weighted by Crippen LogP contribution is -2.43. The van der Waals surface area contributed by atoms with Gasteiger partial charge in [-0.25, -0.2) is 0 Å². The second-order valence-corrected chi connectivity index (χ2v) is 7.40. The number of piperidine rings is 1. The Balaban J connectivity index is 1.50. The molecule has 1 fully saturated rings. The molecule has 0 saturated carbocycles. The van der Waals surface area contributed by atoms with Gasteiger partial charge in [-0.2, -0.15) is 0 Å². The molecule has 1 heterocycles. The van der Waals surface area contributed by atoms with E-state index in [0.717, 1.165) is 35.2 Å². The molecule has 1 atom stereocenters. The fraction of sp³-hybridized carbons (Fsp3) is 0.300. The number of nitrogens with zero attached hydrogens (tertiary/aromatic N) is 1. The largest absolute Gasteiger partial charge is 0.326 e. The molecular weight excluding hydrogens is 394 g/mol. The van der Waals surface area contributed by atoms with Crippen LogP contribution in [-0.2, 0) is 9.59 Å². The standard InChI is InChI=1S/C20H22BrN3O2/c21-16-8-10-18(11-9-16)22-19(25)14-24-12-4-5-15(13-24)20(26)23-17-6-2-1-3-7-17/h1-3,6-11,15H,4-5,12-14H2,(H,22,25)(H,23,26)/t15-/m0/s1. The van der Waals surface area contributed by atoms with E-state index in [1.54, 1.807) is 0 Å². The maximum absolute atomic E-state index is 12.5. The third kappa shape index (κ3) is 5.41. The number of anilines is 2. The van der Waals surface area contributed by atoms with E-state index in [1.165, 1.54) is 0 Å². The fourth-order valence-corrected chi connectivity index (χ4v) is 3.38. The van der Waals surface area contributed by atoms with Crippen LogP contribution in [0.5, 0.6) is 0 Å². The second kappa shape index (κ2) is 8.96. The van der Waals surface area contributed by atoms with Crippen LogP contribution in [0.4, 0.5) is 11.4 Å². The minimum absolute atomic E-state index is 0.0224. The van der Waals surface area contributed by atoms with Gasteiger partial charge in [-0.05, 0) is 55.8 Å². The van der Waals surface area contributed by atoms with E-state index in [1.807, 2.05) is 59.5 Å². The Bertz CT molecular complexity index is 749. The Morgan fingerprint density at radius 3 is 2.42 bits per heavy atom. The number of hydrogen-bond acceptors (Lipinski definition) is 3. The van der Waals surface area contributed by atoms with Crippen LogP contribution in [0.25, 0.3) is 0 Å². The van der Waals surface area contributed by atoms with Gasteiger partial charge in [0.05, 0.1) is 12.5 Å². The Kier molecular flexibility index (Phi) is 6.41. The average molecular weight is 416 g/mol. The van der Waals surface area contributed by atoms with Crippen LogP contribution >= 0.6 is 15.9 Å². The normalized spacial score (nSPS) is 17.5. The van der Waals surface area contributed by atoms with Crippen molar-refractivity contribution in [3.63, 3.8) is 0 Å². The predicted octanol–water partition coefficient (Wildman–Crippen LogP) is 3.74. The van der Waals surface area contributed by atoms with Crippen molar-refractivity contribution >= 4 is 39.1 Å². The SMILES string of the molecule is O=C(CN1CCC[C@H](C(=O)Nc2ccccc2)C1)Nc1ccc(Br)cc1. The zero-order valence-electron chi connectivity index (χ0n) is 14.5. The summed E-state index contributed by atoms with van der Waals surface area (Å²) in [7, 11) is 0. The molecule has 0 bridgehead atoms. The summed E-state index contributed by atoms with van der Waals surface area (Å²) in [5, 5.41) is 5.86. The summed E-state index contributed by atoms with van der Waals surface area (Å²) in [6, 6.07) is 17.0. The van der Waals surface area contributed by atoms with Gasteiger partial charge < -0.3 is 10.6 Å². The molecule has 2 aromatic carbocycles. The number of amides is 2. The summed E-state index contributed by atoms with van der Waals surface area (Å²) in [6.07, 6.45) is 1.77. The van der Waals surface area contributed by atoms with E-state index in [0.29, 0.717) is 13.1 Å². The quantitative estimate of drug-likeness (QED) is 0.781. The maximum atomic E-state index is 12.5. The van der Waals surface area contributed by atoms with Crippen molar-refractivity contribution in [1.82, 2.24) is 4.90 Å². The summed E-state index contributed by atoms with van der Waals surface area (Å²) in [6.45, 7) is 1.74. The number of carbonyl (C=O) groups excluding carboxylic acids is 2. The lowest BCUT2D eigenvalue weighted by molar-refractivity contribution is -0.123. The summed E-state index contributed by atoms with van der Waals surface area (Å²) >= 11 is 3.38. The van der Waals surface area contributed by atoms with Gasteiger partial charge in [-0.1, -0.05) is 34.1 Å². The first kappa shape index (κ1) is 18.6. The van der Waals surface area contributed by atoms with Crippen LogP contribution in [-0.4, -0.2) is 36.3 Å². The van der Waals surface area contributed by atoms with Crippen molar-refractivity contribution in [3.05, 3.63) is 59.1 Å². The van der Waals surface area contributed by atoms with Gasteiger partial charge in [0.2, 0.25) is 11.8 Å². The highest BCUT2D eigenvalue weighted by atomic mass is 79.9. The molecule has 26 heavy (non-hydrogen) atoms. The third-order valence-electron chi connectivity index (χ3n) is 4.41. The van der Waals surface area contributed by atoms with E-state index < -0.39 is 0 Å². The number of para-hydroxylation sites is 1. The van der Waals surface area contributed by atoms with E-state index in [2.05, 4.69) is 26.6 Å². The topological polar surface area (TPSA) is 61.4 Å². The predicted molar refractivity (Wildman–Crippen MR) is 107 cm³/mol. The molecule has 1 aliphatic heterocycles. The molecule has 2 N–H and O–H groups in total. The van der Waals surface area contributed by atoms with Gasteiger partial charge in [0.15, 0.2) is 0 Å². The van der Waals surface area contributed by atoms with Crippen LogP contribution < -0.4 is 10.6 Å². The molecule has 6 heteroatoms. The lowest BCUT2D eigenvalue weighted by atomic mass is 9.97. The van der Waals surface area contributed by atoms with Crippen molar-refractivity contribution in [3.8, 4) is 0 Å². The van der Waals surface area contributed by atoms with Gasteiger partial charge in [-0.3, -0.25) is 14.5 Å². The lowest BCUT2D eigenvalue weighted by Gasteiger charge is -2.31. The van der Waals surface area contributed by atoms with Crippen molar-refractivity contribution < 1.29 is 9.59 Å². The minimum Gasteiger partial charge on any atom is -0.326 e. The van der Waals surface area contributed by atoms with E-state index >= 15 is 0 Å². The Labute approximate surface area is 161 Å². The van der Waals surface area contributed by atoms with Gasteiger partial charge in [0.1, 0.15) is 0 Å². The zero-order chi connectivity index (χ0) is 18.4. The highest BCUT2D eigenvalue weighted by Gasteiger charge is 2.26. The first-order valence-electron chi connectivity index (χ1n) is 8.74. The number of hydrogen-bond donors (Lipinski definition) is 2. The van der Waals surface area contributed by atoms with Crippen molar-refractivity contribution in [2.24, 2.45) is 5.92 Å². The van der Waals surface area contributed by atoms with E-state index in [4.69, 9.17) is 0 Å².